The zero-order valence-electron chi connectivity index (χ0n) is 10.1. The van der Waals surface area contributed by atoms with Gasteiger partial charge in [0, 0.05) is 0 Å². The van der Waals surface area contributed by atoms with Crippen LogP contribution in [-0.4, -0.2) is 8.42 Å². The number of sulfone groups is 1. The van der Waals surface area contributed by atoms with Crippen molar-refractivity contribution < 1.29 is 39.2 Å². The van der Waals surface area contributed by atoms with Gasteiger partial charge in [0.1, 0.15) is 4.90 Å². The maximum Gasteiger partial charge on any atom is 0.212 e. The molecule has 0 aliphatic rings. The van der Waals surface area contributed by atoms with Crippen LogP contribution in [0.15, 0.2) is 28.0 Å². The van der Waals surface area contributed by atoms with Gasteiger partial charge in [-0.05, 0) is 18.2 Å². The van der Waals surface area contributed by atoms with Gasteiger partial charge in [0.2, 0.25) is 15.7 Å². The largest absolute Gasteiger partial charge is 0.218 e. The summed E-state index contributed by atoms with van der Waals surface area (Å²) in [6, 6.07) is 0.808. The second-order valence-electron chi connectivity index (χ2n) is 3.98. The molecule has 0 spiro atoms. The Morgan fingerprint density at radius 1 is 0.636 bits per heavy atom. The van der Waals surface area contributed by atoms with Crippen molar-refractivity contribution in [3.8, 4) is 0 Å². The second-order valence-corrected chi connectivity index (χ2v) is 5.86. The molecule has 2 nitrogen and oxygen atoms in total. The summed E-state index contributed by atoms with van der Waals surface area (Å²) in [5.74, 6) is -15.8. The van der Waals surface area contributed by atoms with Crippen molar-refractivity contribution in [2.75, 3.05) is 0 Å². The fourth-order valence-corrected chi connectivity index (χ4v) is 2.98. The van der Waals surface area contributed by atoms with E-state index >= 15 is 0 Å². The Bertz CT molecular complexity index is 849. The molecule has 2 aromatic rings. The molecular formula is C12H3F7O2S. The van der Waals surface area contributed by atoms with E-state index in [2.05, 4.69) is 0 Å². The molecule has 0 fully saturated rings. The highest BCUT2D eigenvalue weighted by atomic mass is 32.2. The summed E-state index contributed by atoms with van der Waals surface area (Å²) in [6.45, 7) is 0. The maximum atomic E-state index is 13.5. The van der Waals surface area contributed by atoms with E-state index in [1.807, 2.05) is 0 Å². The average molecular weight is 344 g/mol. The Labute approximate surface area is 118 Å². The van der Waals surface area contributed by atoms with E-state index in [0.717, 1.165) is 0 Å². The fourth-order valence-electron chi connectivity index (χ4n) is 1.58. The SMILES string of the molecule is O=S(=O)(c1ccc(F)c(F)c1)c1c(F)c(F)c(F)c(F)c1F. The number of rotatable bonds is 2. The van der Waals surface area contributed by atoms with Crippen LogP contribution in [0, 0.1) is 40.7 Å². The van der Waals surface area contributed by atoms with Gasteiger partial charge < -0.3 is 0 Å². The summed E-state index contributed by atoms with van der Waals surface area (Å²) in [5.41, 5.74) is 0. The van der Waals surface area contributed by atoms with Crippen molar-refractivity contribution in [2.24, 2.45) is 0 Å². The molecule has 2 rings (SSSR count). The van der Waals surface area contributed by atoms with Crippen molar-refractivity contribution in [1.29, 1.82) is 0 Å². The molecule has 0 bridgehead atoms. The minimum absolute atomic E-state index is 0.0582. The highest BCUT2D eigenvalue weighted by molar-refractivity contribution is 7.91. The molecule has 2 aromatic carbocycles. The van der Waals surface area contributed by atoms with Gasteiger partial charge in [0.15, 0.2) is 34.9 Å². The van der Waals surface area contributed by atoms with Gasteiger partial charge in [-0.25, -0.2) is 39.2 Å². The van der Waals surface area contributed by atoms with E-state index in [4.69, 9.17) is 0 Å². The molecule has 0 saturated heterocycles. The third-order valence-corrected chi connectivity index (χ3v) is 4.41. The number of benzene rings is 2. The lowest BCUT2D eigenvalue weighted by molar-refractivity contribution is 0.357. The van der Waals surface area contributed by atoms with Crippen LogP contribution >= 0.6 is 0 Å². The molecule has 0 aromatic heterocycles. The van der Waals surface area contributed by atoms with Gasteiger partial charge in [-0.2, -0.15) is 0 Å². The minimum atomic E-state index is -5.30. The normalized spacial score (nSPS) is 11.8. The Kier molecular flexibility index (Phi) is 3.90. The van der Waals surface area contributed by atoms with Crippen molar-refractivity contribution >= 4 is 9.84 Å². The van der Waals surface area contributed by atoms with Crippen LogP contribution in [0.4, 0.5) is 30.7 Å². The van der Waals surface area contributed by atoms with E-state index in [-0.39, 0.29) is 6.07 Å². The lowest BCUT2D eigenvalue weighted by Crippen LogP contribution is -2.13. The Morgan fingerprint density at radius 2 is 1.09 bits per heavy atom. The lowest BCUT2D eigenvalue weighted by Gasteiger charge is -2.09. The van der Waals surface area contributed by atoms with Crippen LogP contribution < -0.4 is 0 Å². The van der Waals surface area contributed by atoms with E-state index < -0.39 is 60.3 Å². The van der Waals surface area contributed by atoms with Gasteiger partial charge in [-0.15, -0.1) is 0 Å². The van der Waals surface area contributed by atoms with E-state index in [0.29, 0.717) is 12.1 Å². The molecule has 0 aliphatic heterocycles. The number of hydrogen-bond donors (Lipinski definition) is 0. The smallest absolute Gasteiger partial charge is 0.212 e. The molecule has 0 saturated carbocycles. The Hall–Kier alpha value is -2.10. The van der Waals surface area contributed by atoms with Gasteiger partial charge in [0.25, 0.3) is 0 Å². The second kappa shape index (κ2) is 5.27. The van der Waals surface area contributed by atoms with E-state index in [1.165, 1.54) is 0 Å². The van der Waals surface area contributed by atoms with Gasteiger partial charge >= 0.3 is 0 Å². The first-order valence-electron chi connectivity index (χ1n) is 5.30. The third kappa shape index (κ3) is 2.32. The molecule has 0 heterocycles. The molecule has 10 heteroatoms. The summed E-state index contributed by atoms with van der Waals surface area (Å²) in [4.78, 5) is -3.32. The first-order valence-corrected chi connectivity index (χ1v) is 6.79. The van der Waals surface area contributed by atoms with E-state index in [1.54, 1.807) is 0 Å². The van der Waals surface area contributed by atoms with Crippen molar-refractivity contribution in [1.82, 2.24) is 0 Å². The monoisotopic (exact) mass is 344 g/mol. The Balaban J connectivity index is 2.82. The summed E-state index contributed by atoms with van der Waals surface area (Å²) in [7, 11) is -5.30. The molecule has 0 N–H and O–H groups in total. The van der Waals surface area contributed by atoms with Crippen LogP contribution in [0.3, 0.4) is 0 Å². The van der Waals surface area contributed by atoms with Gasteiger partial charge in [-0.1, -0.05) is 0 Å². The summed E-state index contributed by atoms with van der Waals surface area (Å²) >= 11 is 0. The topological polar surface area (TPSA) is 34.1 Å². The molecule has 0 amide bonds. The summed E-state index contributed by atoms with van der Waals surface area (Å²) in [6.07, 6.45) is 0. The van der Waals surface area contributed by atoms with Crippen molar-refractivity contribution in [3.63, 3.8) is 0 Å². The first kappa shape index (κ1) is 16.3. The first-order chi connectivity index (χ1) is 10.1. The maximum absolute atomic E-state index is 13.5. The summed E-state index contributed by atoms with van der Waals surface area (Å²) in [5, 5.41) is 0. The molecule has 0 unspecified atom stereocenters. The standard InChI is InChI=1S/C12H3F7O2S/c13-5-2-1-4(3-6(5)14)22(20,21)12-10(18)8(16)7(15)9(17)11(12)19/h1-3H. The third-order valence-electron chi connectivity index (χ3n) is 2.64. The predicted octanol–water partition coefficient (Wildman–Crippen LogP) is 3.49. The van der Waals surface area contributed by atoms with Crippen LogP contribution in [0.2, 0.25) is 0 Å². The molecule has 0 atom stereocenters. The van der Waals surface area contributed by atoms with Gasteiger partial charge in [-0.3, -0.25) is 0 Å². The summed E-state index contributed by atoms with van der Waals surface area (Å²) < 4.78 is 116. The lowest BCUT2D eigenvalue weighted by atomic mass is 10.3. The Morgan fingerprint density at radius 3 is 1.55 bits per heavy atom. The van der Waals surface area contributed by atoms with Crippen LogP contribution in [0.5, 0.6) is 0 Å². The highest BCUT2D eigenvalue weighted by Gasteiger charge is 2.34. The highest BCUT2D eigenvalue weighted by Crippen LogP contribution is 2.31. The van der Waals surface area contributed by atoms with Crippen LogP contribution in [0.25, 0.3) is 0 Å². The molecule has 22 heavy (non-hydrogen) atoms. The zero-order chi connectivity index (χ0) is 16.8. The average Bonchev–Trinajstić information content (AvgIpc) is 2.45. The van der Waals surface area contributed by atoms with Crippen molar-refractivity contribution in [2.45, 2.75) is 9.79 Å². The molecular weight excluding hydrogens is 341 g/mol. The quantitative estimate of drug-likeness (QED) is 0.362. The zero-order valence-corrected chi connectivity index (χ0v) is 10.9. The fraction of sp³-hybridized carbons (Fsp3) is 0. The molecule has 0 aliphatic carbocycles. The number of hydrogen-bond acceptors (Lipinski definition) is 2. The minimum Gasteiger partial charge on any atom is -0.218 e. The predicted molar refractivity (Wildman–Crippen MR) is 58.0 cm³/mol. The van der Waals surface area contributed by atoms with Gasteiger partial charge in [0.05, 0.1) is 4.90 Å². The van der Waals surface area contributed by atoms with Crippen LogP contribution in [0.1, 0.15) is 0 Å². The van der Waals surface area contributed by atoms with E-state index in [9.17, 15) is 39.2 Å². The molecule has 0 radical (unpaired) electrons. The molecule has 118 valence electrons. The van der Waals surface area contributed by atoms with Crippen LogP contribution in [-0.2, 0) is 9.84 Å². The van der Waals surface area contributed by atoms with Crippen molar-refractivity contribution in [3.05, 3.63) is 58.9 Å². The number of halogens is 7.